The number of nitrogens with zero attached hydrogens (tertiary/aromatic N) is 2. The molecule has 0 aliphatic heterocycles. The summed E-state index contributed by atoms with van der Waals surface area (Å²) in [5, 5.41) is 3.43. The van der Waals surface area contributed by atoms with E-state index in [-0.39, 0.29) is 29.7 Å². The maximum Gasteiger partial charge on any atom is 0.264 e. The molecule has 0 saturated carbocycles. The number of carbonyl (C=O) groups excluding carboxylic acids is 2. The monoisotopic (exact) mass is 631 g/mol. The highest BCUT2D eigenvalue weighted by atomic mass is 35.5. The molecule has 0 aliphatic carbocycles. The maximum absolute atomic E-state index is 14.5. The molecule has 0 aromatic heterocycles. The van der Waals surface area contributed by atoms with Gasteiger partial charge in [0.1, 0.15) is 12.6 Å². The van der Waals surface area contributed by atoms with Crippen molar-refractivity contribution in [2.45, 2.75) is 44.7 Å². The highest BCUT2D eigenvalue weighted by molar-refractivity contribution is 7.92. The molecule has 7 nitrogen and oxygen atoms in total. The van der Waals surface area contributed by atoms with Crippen LogP contribution < -0.4 is 9.62 Å². The Morgan fingerprint density at radius 2 is 1.48 bits per heavy atom. The van der Waals surface area contributed by atoms with E-state index >= 15 is 0 Å². The fraction of sp³-hybridized carbons (Fsp3) is 0.257. The van der Waals surface area contributed by atoms with Crippen molar-refractivity contribution in [1.29, 1.82) is 0 Å². The first-order chi connectivity index (χ1) is 21.1. The molecule has 1 N–H and O–H groups in total. The van der Waals surface area contributed by atoms with E-state index in [1.807, 2.05) is 63.2 Å². The molecule has 2 amide bonds. The third-order valence-corrected chi connectivity index (χ3v) is 9.31. The van der Waals surface area contributed by atoms with Gasteiger partial charge in [0, 0.05) is 24.5 Å². The molecule has 0 spiro atoms. The average Bonchev–Trinajstić information content (AvgIpc) is 3.02. The van der Waals surface area contributed by atoms with E-state index < -0.39 is 28.5 Å². The number of hydrogen-bond donors (Lipinski definition) is 1. The van der Waals surface area contributed by atoms with Gasteiger partial charge >= 0.3 is 0 Å². The number of benzene rings is 4. The lowest BCUT2D eigenvalue weighted by Crippen LogP contribution is -2.53. The second-order valence-electron chi connectivity index (χ2n) is 11.1. The SMILES string of the molecule is Cc1cccc(N(CC(=O)N(Cc2ccccc2Cl)[C@H](Cc2ccccc2)C(=O)NCC(C)C)S(=O)(=O)c2ccccc2)c1. The molecule has 0 bridgehead atoms. The summed E-state index contributed by atoms with van der Waals surface area (Å²) in [7, 11) is -4.15. The number of nitrogens with one attached hydrogen (secondary N) is 1. The van der Waals surface area contributed by atoms with E-state index in [1.54, 1.807) is 54.6 Å². The quantitative estimate of drug-likeness (QED) is 0.189. The predicted molar refractivity (Wildman–Crippen MR) is 176 cm³/mol. The molecule has 0 saturated heterocycles. The smallest absolute Gasteiger partial charge is 0.264 e. The van der Waals surface area contributed by atoms with Gasteiger partial charge in [0.15, 0.2) is 0 Å². The predicted octanol–water partition coefficient (Wildman–Crippen LogP) is 6.26. The van der Waals surface area contributed by atoms with E-state index in [2.05, 4.69) is 5.32 Å². The van der Waals surface area contributed by atoms with Crippen LogP contribution in [-0.4, -0.2) is 44.3 Å². The van der Waals surface area contributed by atoms with Crippen LogP contribution in [-0.2, 0) is 32.6 Å². The van der Waals surface area contributed by atoms with E-state index in [9.17, 15) is 18.0 Å². The molecule has 0 unspecified atom stereocenters. The van der Waals surface area contributed by atoms with Gasteiger partial charge in [-0.2, -0.15) is 0 Å². The molecule has 230 valence electrons. The van der Waals surface area contributed by atoms with Crippen LogP contribution in [0.2, 0.25) is 5.02 Å². The minimum Gasteiger partial charge on any atom is -0.354 e. The number of rotatable bonds is 13. The van der Waals surface area contributed by atoms with Crippen LogP contribution in [0.15, 0.2) is 114 Å². The summed E-state index contributed by atoms with van der Waals surface area (Å²) in [6.45, 7) is 5.76. The molecule has 44 heavy (non-hydrogen) atoms. The molecular formula is C35H38ClN3O4S. The van der Waals surface area contributed by atoms with Gasteiger partial charge in [-0.05, 0) is 59.9 Å². The van der Waals surface area contributed by atoms with Crippen molar-refractivity contribution in [3.63, 3.8) is 0 Å². The maximum atomic E-state index is 14.5. The van der Waals surface area contributed by atoms with Crippen LogP contribution in [0.25, 0.3) is 0 Å². The average molecular weight is 632 g/mol. The van der Waals surface area contributed by atoms with Crippen LogP contribution in [0, 0.1) is 12.8 Å². The van der Waals surface area contributed by atoms with Gasteiger partial charge in [0.2, 0.25) is 11.8 Å². The zero-order chi connectivity index (χ0) is 31.7. The minimum atomic E-state index is -4.15. The van der Waals surface area contributed by atoms with Crippen LogP contribution >= 0.6 is 11.6 Å². The lowest BCUT2D eigenvalue weighted by molar-refractivity contribution is -0.140. The summed E-state index contributed by atoms with van der Waals surface area (Å²) in [6, 6.07) is 30.7. The number of halogens is 1. The molecule has 0 fully saturated rings. The highest BCUT2D eigenvalue weighted by Gasteiger charge is 2.35. The summed E-state index contributed by atoms with van der Waals surface area (Å²) in [5.74, 6) is -0.667. The van der Waals surface area contributed by atoms with Crippen molar-refractivity contribution >= 4 is 39.1 Å². The number of aryl methyl sites for hydroxylation is 1. The Bertz CT molecular complexity index is 1660. The first-order valence-corrected chi connectivity index (χ1v) is 16.4. The summed E-state index contributed by atoms with van der Waals surface area (Å²) < 4.78 is 29.2. The number of carbonyl (C=O) groups is 2. The van der Waals surface area contributed by atoms with Gasteiger partial charge in [-0.25, -0.2) is 8.42 Å². The molecule has 0 heterocycles. The van der Waals surface area contributed by atoms with Gasteiger partial charge in [-0.3, -0.25) is 13.9 Å². The lowest BCUT2D eigenvalue weighted by atomic mass is 10.0. The molecule has 1 atom stereocenters. The molecule has 4 rings (SSSR count). The van der Waals surface area contributed by atoms with Crippen LogP contribution in [0.3, 0.4) is 0 Å². The summed E-state index contributed by atoms with van der Waals surface area (Å²) in [5.41, 5.74) is 2.70. The number of sulfonamides is 1. The Morgan fingerprint density at radius 3 is 2.11 bits per heavy atom. The van der Waals surface area contributed by atoms with Crippen molar-refractivity contribution in [2.24, 2.45) is 5.92 Å². The fourth-order valence-corrected chi connectivity index (χ4v) is 6.44. The van der Waals surface area contributed by atoms with Gasteiger partial charge in [-0.15, -0.1) is 0 Å². The van der Waals surface area contributed by atoms with Gasteiger partial charge in [-0.1, -0.05) is 104 Å². The topological polar surface area (TPSA) is 86.8 Å². The molecular weight excluding hydrogens is 594 g/mol. The number of amides is 2. The molecule has 0 radical (unpaired) electrons. The van der Waals surface area contributed by atoms with Crippen LogP contribution in [0.1, 0.15) is 30.5 Å². The molecule has 4 aromatic carbocycles. The van der Waals surface area contributed by atoms with E-state index in [4.69, 9.17) is 11.6 Å². The lowest BCUT2D eigenvalue weighted by Gasteiger charge is -2.34. The molecule has 4 aromatic rings. The van der Waals surface area contributed by atoms with E-state index in [1.165, 1.54) is 17.0 Å². The largest absolute Gasteiger partial charge is 0.354 e. The zero-order valence-corrected chi connectivity index (χ0v) is 26.8. The van der Waals surface area contributed by atoms with E-state index in [0.29, 0.717) is 22.8 Å². The summed E-state index contributed by atoms with van der Waals surface area (Å²) in [6.07, 6.45) is 0.233. The van der Waals surface area contributed by atoms with Crippen molar-refractivity contribution in [3.8, 4) is 0 Å². The summed E-state index contributed by atoms with van der Waals surface area (Å²) >= 11 is 6.55. The Labute approximate surface area is 265 Å². The molecule has 0 aliphatic rings. The zero-order valence-electron chi connectivity index (χ0n) is 25.2. The van der Waals surface area contributed by atoms with Gasteiger partial charge < -0.3 is 10.2 Å². The second kappa shape index (κ2) is 15.0. The van der Waals surface area contributed by atoms with E-state index in [0.717, 1.165) is 15.4 Å². The second-order valence-corrected chi connectivity index (χ2v) is 13.4. The van der Waals surface area contributed by atoms with Crippen LogP contribution in [0.5, 0.6) is 0 Å². The normalized spacial score (nSPS) is 12.0. The van der Waals surface area contributed by atoms with Gasteiger partial charge in [0.05, 0.1) is 10.6 Å². The van der Waals surface area contributed by atoms with Crippen molar-refractivity contribution in [3.05, 3.63) is 131 Å². The summed E-state index contributed by atoms with van der Waals surface area (Å²) in [4.78, 5) is 29.8. The standard InChI is InChI=1S/C35H38ClN3O4S/c1-26(2)23-37-35(41)33(22-28-14-6-4-7-15-28)38(24-29-16-10-11-20-32(29)36)34(40)25-39(30-17-12-13-27(3)21-30)44(42,43)31-18-8-5-9-19-31/h4-21,26,33H,22-25H2,1-3H3,(H,37,41)/t33-/m1/s1. The van der Waals surface area contributed by atoms with Gasteiger partial charge in [0.25, 0.3) is 10.0 Å². The Balaban J connectivity index is 1.80. The van der Waals surface area contributed by atoms with Crippen molar-refractivity contribution in [1.82, 2.24) is 10.2 Å². The Kier molecular flexibility index (Phi) is 11.2. The number of hydrogen-bond acceptors (Lipinski definition) is 4. The fourth-order valence-electron chi connectivity index (χ4n) is 4.82. The number of anilines is 1. The third-order valence-electron chi connectivity index (χ3n) is 7.15. The highest BCUT2D eigenvalue weighted by Crippen LogP contribution is 2.26. The third kappa shape index (κ3) is 8.49. The van der Waals surface area contributed by atoms with Crippen LogP contribution in [0.4, 0.5) is 5.69 Å². The Morgan fingerprint density at radius 1 is 0.841 bits per heavy atom. The first-order valence-electron chi connectivity index (χ1n) is 14.5. The molecule has 9 heteroatoms. The first kappa shape index (κ1) is 32.8. The van der Waals surface area contributed by atoms with Crippen molar-refractivity contribution < 1.29 is 18.0 Å². The minimum absolute atomic E-state index is 0.0121. The van der Waals surface area contributed by atoms with Crippen molar-refractivity contribution in [2.75, 3.05) is 17.4 Å². The Hall–Kier alpha value is -4.14.